The van der Waals surface area contributed by atoms with Gasteiger partial charge in [-0.15, -0.1) is 0 Å². The van der Waals surface area contributed by atoms with Gasteiger partial charge in [0.15, 0.2) is 0 Å². The van der Waals surface area contributed by atoms with Gasteiger partial charge in [0, 0.05) is 0 Å². The Kier molecular flexibility index (Phi) is 1.98. The van der Waals surface area contributed by atoms with Crippen molar-refractivity contribution in [1.82, 2.24) is 0 Å². The average molecular weight is 261 g/mol. The van der Waals surface area contributed by atoms with E-state index in [4.69, 9.17) is 5.26 Å². The lowest BCUT2D eigenvalue weighted by atomic mass is 9.58. The molecular weight excluding hydrogens is 242 g/mol. The van der Waals surface area contributed by atoms with Gasteiger partial charge >= 0.3 is 0 Å². The van der Waals surface area contributed by atoms with E-state index in [9.17, 15) is 0 Å². The zero-order valence-electron chi connectivity index (χ0n) is 11.7. The van der Waals surface area contributed by atoms with Gasteiger partial charge in [-0.25, -0.2) is 0 Å². The zero-order chi connectivity index (χ0) is 13.3. The van der Waals surface area contributed by atoms with Crippen molar-refractivity contribution in [3.05, 3.63) is 46.5 Å². The molecule has 0 amide bonds. The normalized spacial score (nSPS) is 39.8. The van der Waals surface area contributed by atoms with Crippen molar-refractivity contribution in [2.24, 2.45) is 17.3 Å². The van der Waals surface area contributed by atoms with Crippen LogP contribution in [0.2, 0.25) is 0 Å². The van der Waals surface area contributed by atoms with E-state index < -0.39 is 0 Å². The lowest BCUT2D eigenvalue weighted by Crippen LogP contribution is -2.36. The van der Waals surface area contributed by atoms with E-state index in [1.165, 1.54) is 44.1 Å². The largest absolute Gasteiger partial charge is 0.192 e. The van der Waals surface area contributed by atoms with E-state index in [0.29, 0.717) is 5.41 Å². The van der Waals surface area contributed by atoms with Gasteiger partial charge in [0.1, 0.15) is 0 Å². The Hall–Kier alpha value is -1.55. The van der Waals surface area contributed by atoms with Crippen molar-refractivity contribution in [3.63, 3.8) is 0 Å². The Balaban J connectivity index is 1.55. The second-order valence-electron chi connectivity index (χ2n) is 7.28. The van der Waals surface area contributed by atoms with Crippen LogP contribution in [-0.2, 0) is 6.42 Å². The minimum absolute atomic E-state index is 0.672. The molecule has 2 fully saturated rings. The molecule has 0 aliphatic heterocycles. The number of hydrogen-bond acceptors (Lipinski definition) is 1. The van der Waals surface area contributed by atoms with Crippen LogP contribution in [0.3, 0.4) is 0 Å². The maximum Gasteiger partial charge on any atom is 0.0991 e. The first-order valence-corrected chi connectivity index (χ1v) is 8.04. The number of fused-ring (bicyclic) bond motifs is 4. The molecule has 4 unspecified atom stereocenters. The summed E-state index contributed by atoms with van der Waals surface area (Å²) in [6.07, 6.45) is 10.7. The van der Waals surface area contributed by atoms with Gasteiger partial charge in [-0.05, 0) is 85.0 Å². The van der Waals surface area contributed by atoms with E-state index in [1.807, 2.05) is 6.07 Å². The van der Waals surface area contributed by atoms with Gasteiger partial charge < -0.3 is 0 Å². The van der Waals surface area contributed by atoms with Crippen LogP contribution in [0.15, 0.2) is 29.8 Å². The predicted octanol–water partition coefficient (Wildman–Crippen LogP) is 4.33. The number of nitrogens with zero attached hydrogens (tertiary/aromatic N) is 1. The van der Waals surface area contributed by atoms with Gasteiger partial charge in [-0.3, -0.25) is 0 Å². The van der Waals surface area contributed by atoms with Crippen LogP contribution in [0.1, 0.15) is 54.7 Å². The highest BCUT2D eigenvalue weighted by Gasteiger charge is 2.62. The summed E-state index contributed by atoms with van der Waals surface area (Å²) in [4.78, 5) is 0. The van der Waals surface area contributed by atoms with Crippen molar-refractivity contribution < 1.29 is 0 Å². The van der Waals surface area contributed by atoms with E-state index in [2.05, 4.69) is 24.3 Å². The Labute approximate surface area is 120 Å². The Morgan fingerprint density at radius 1 is 1.25 bits per heavy atom. The molecule has 100 valence electrons. The van der Waals surface area contributed by atoms with Crippen molar-refractivity contribution in [1.29, 1.82) is 5.26 Å². The highest BCUT2D eigenvalue weighted by Crippen LogP contribution is 2.72. The summed E-state index contributed by atoms with van der Waals surface area (Å²) in [6.45, 7) is 0. The SMILES string of the molecule is N#Cc1ccc2c(c1)CCC1C2CCC23CC2=CCC13. The molecule has 1 heteroatoms. The summed E-state index contributed by atoms with van der Waals surface area (Å²) in [5.41, 5.74) is 6.34. The summed E-state index contributed by atoms with van der Waals surface area (Å²) in [6, 6.07) is 8.73. The first kappa shape index (κ1) is 11.1. The number of rotatable bonds is 0. The molecule has 20 heavy (non-hydrogen) atoms. The number of hydrogen-bond donors (Lipinski definition) is 0. The lowest BCUT2D eigenvalue weighted by Gasteiger charge is -2.45. The maximum atomic E-state index is 9.08. The second kappa shape index (κ2) is 3.55. The van der Waals surface area contributed by atoms with Crippen LogP contribution in [-0.4, -0.2) is 0 Å². The van der Waals surface area contributed by atoms with Crippen LogP contribution in [0, 0.1) is 28.6 Å². The minimum Gasteiger partial charge on any atom is -0.192 e. The molecule has 0 aromatic heterocycles. The molecule has 1 nitrogen and oxygen atoms in total. The highest BCUT2D eigenvalue weighted by atomic mass is 14.7. The number of aryl methyl sites for hydroxylation is 1. The lowest BCUT2D eigenvalue weighted by molar-refractivity contribution is 0.113. The molecule has 0 saturated heterocycles. The Morgan fingerprint density at radius 3 is 3.05 bits per heavy atom. The number of allylic oxidation sites excluding steroid dienone is 2. The van der Waals surface area contributed by atoms with Gasteiger partial charge in [-0.1, -0.05) is 17.7 Å². The van der Waals surface area contributed by atoms with E-state index >= 15 is 0 Å². The molecule has 1 aromatic carbocycles. The van der Waals surface area contributed by atoms with E-state index in [1.54, 1.807) is 11.1 Å². The zero-order valence-corrected chi connectivity index (χ0v) is 11.7. The monoisotopic (exact) mass is 261 g/mol. The van der Waals surface area contributed by atoms with E-state index in [-0.39, 0.29) is 0 Å². The van der Waals surface area contributed by atoms with Crippen molar-refractivity contribution >= 4 is 0 Å². The first-order chi connectivity index (χ1) is 9.82. The smallest absolute Gasteiger partial charge is 0.0991 e. The van der Waals surface area contributed by atoms with Gasteiger partial charge in [0.25, 0.3) is 0 Å². The summed E-state index contributed by atoms with van der Waals surface area (Å²) in [5.74, 6) is 2.62. The fraction of sp³-hybridized carbons (Fsp3) is 0.526. The maximum absolute atomic E-state index is 9.08. The number of nitriles is 1. The predicted molar refractivity (Wildman–Crippen MR) is 78.2 cm³/mol. The third kappa shape index (κ3) is 1.23. The molecule has 4 atom stereocenters. The van der Waals surface area contributed by atoms with Crippen LogP contribution in [0.5, 0.6) is 0 Å². The Bertz CT molecular complexity index is 677. The molecule has 1 aromatic rings. The second-order valence-corrected chi connectivity index (χ2v) is 7.28. The quantitative estimate of drug-likeness (QED) is 0.637. The number of benzene rings is 1. The third-order valence-electron chi connectivity index (χ3n) is 6.70. The topological polar surface area (TPSA) is 23.8 Å². The molecule has 0 radical (unpaired) electrons. The third-order valence-corrected chi connectivity index (χ3v) is 6.70. The van der Waals surface area contributed by atoms with Crippen LogP contribution in [0.4, 0.5) is 0 Å². The van der Waals surface area contributed by atoms with Crippen LogP contribution >= 0.6 is 0 Å². The van der Waals surface area contributed by atoms with Gasteiger partial charge in [0.2, 0.25) is 0 Å². The minimum atomic E-state index is 0.672. The molecule has 0 N–H and O–H groups in total. The first-order valence-electron chi connectivity index (χ1n) is 8.04. The van der Waals surface area contributed by atoms with Crippen molar-refractivity contribution in [2.75, 3.05) is 0 Å². The molecule has 2 saturated carbocycles. The highest BCUT2D eigenvalue weighted by molar-refractivity contribution is 5.45. The van der Waals surface area contributed by atoms with Crippen LogP contribution < -0.4 is 0 Å². The molecule has 0 bridgehead atoms. The fourth-order valence-corrected chi connectivity index (χ4v) is 5.73. The van der Waals surface area contributed by atoms with Crippen molar-refractivity contribution in [2.45, 2.75) is 44.4 Å². The van der Waals surface area contributed by atoms with E-state index in [0.717, 1.165) is 23.3 Å². The summed E-state index contributed by atoms with van der Waals surface area (Å²) in [5, 5.41) is 9.08. The van der Waals surface area contributed by atoms with Gasteiger partial charge in [-0.2, -0.15) is 5.26 Å². The Morgan fingerprint density at radius 2 is 2.20 bits per heavy atom. The van der Waals surface area contributed by atoms with Crippen molar-refractivity contribution in [3.8, 4) is 6.07 Å². The molecule has 4 aliphatic carbocycles. The summed E-state index contributed by atoms with van der Waals surface area (Å²) < 4.78 is 0. The standard InChI is InChI=1S/C19H19N/c20-11-12-1-4-15-13(9-12)2-5-17-16(15)7-8-19-10-14(19)3-6-18(17)19/h1,3-4,9,16-18H,2,5-8,10H2. The average Bonchev–Trinajstić information content (AvgIpc) is 3.07. The summed E-state index contributed by atoms with van der Waals surface area (Å²) >= 11 is 0. The summed E-state index contributed by atoms with van der Waals surface area (Å²) in [7, 11) is 0. The van der Waals surface area contributed by atoms with Crippen LogP contribution in [0.25, 0.3) is 0 Å². The molecular formula is C19H19N. The molecule has 5 rings (SSSR count). The molecule has 0 heterocycles. The fourth-order valence-electron chi connectivity index (χ4n) is 5.73. The molecule has 4 aliphatic rings. The van der Waals surface area contributed by atoms with Gasteiger partial charge in [0.05, 0.1) is 11.6 Å². The molecule has 1 spiro atoms.